The molecule has 0 spiro atoms. The zero-order valence-electron chi connectivity index (χ0n) is 11.4. The van der Waals surface area contributed by atoms with E-state index in [-0.39, 0.29) is 17.3 Å². The number of ketones is 2. The average molecular weight is 282 g/mol. The number of aromatic hydroxyl groups is 1. The number of azo groups is 1. The Bertz CT molecular complexity index is 664. The van der Waals surface area contributed by atoms with Gasteiger partial charge in [-0.1, -0.05) is 30.3 Å². The number of hydrogen-bond acceptors (Lipinski definition) is 5. The maximum atomic E-state index is 12.2. The molecule has 0 aliphatic heterocycles. The highest BCUT2D eigenvalue weighted by molar-refractivity contribution is 6.13. The molecule has 2 rings (SSSR count). The van der Waals surface area contributed by atoms with E-state index < -0.39 is 6.04 Å². The molecular formula is C16H14N2O3. The van der Waals surface area contributed by atoms with Gasteiger partial charge in [0.2, 0.25) is 0 Å². The van der Waals surface area contributed by atoms with Crippen molar-refractivity contribution in [2.24, 2.45) is 10.2 Å². The van der Waals surface area contributed by atoms with Crippen molar-refractivity contribution >= 4 is 17.3 Å². The quantitative estimate of drug-likeness (QED) is 0.519. The van der Waals surface area contributed by atoms with Gasteiger partial charge in [0.15, 0.2) is 17.6 Å². The van der Waals surface area contributed by atoms with Crippen molar-refractivity contribution in [3.8, 4) is 5.75 Å². The monoisotopic (exact) mass is 282 g/mol. The Kier molecular flexibility index (Phi) is 4.56. The van der Waals surface area contributed by atoms with Crippen molar-refractivity contribution in [3.63, 3.8) is 0 Å². The van der Waals surface area contributed by atoms with Crippen LogP contribution in [0.2, 0.25) is 0 Å². The van der Waals surface area contributed by atoms with Gasteiger partial charge in [0.1, 0.15) is 5.75 Å². The lowest BCUT2D eigenvalue weighted by Gasteiger charge is -2.06. The number of carbonyl (C=O) groups excluding carboxylic acids is 2. The number of phenolic OH excluding ortho intramolecular Hbond substituents is 1. The van der Waals surface area contributed by atoms with E-state index in [2.05, 4.69) is 10.2 Å². The molecule has 5 nitrogen and oxygen atoms in total. The molecule has 1 N–H and O–H groups in total. The third-order valence-corrected chi connectivity index (χ3v) is 2.83. The van der Waals surface area contributed by atoms with E-state index in [1.165, 1.54) is 19.1 Å². The zero-order valence-corrected chi connectivity index (χ0v) is 11.4. The number of phenols is 1. The summed E-state index contributed by atoms with van der Waals surface area (Å²) in [7, 11) is 0. The van der Waals surface area contributed by atoms with Crippen LogP contribution in [0.25, 0.3) is 0 Å². The molecule has 0 fully saturated rings. The predicted octanol–water partition coefficient (Wildman–Crippen LogP) is 3.32. The second kappa shape index (κ2) is 6.56. The van der Waals surface area contributed by atoms with Gasteiger partial charge in [0.25, 0.3) is 0 Å². The van der Waals surface area contributed by atoms with Crippen molar-refractivity contribution in [1.82, 2.24) is 0 Å². The summed E-state index contributed by atoms with van der Waals surface area (Å²) < 4.78 is 0. The fourth-order valence-corrected chi connectivity index (χ4v) is 1.72. The number of rotatable bonds is 5. The highest BCUT2D eigenvalue weighted by Gasteiger charge is 2.24. The molecule has 0 saturated carbocycles. The lowest BCUT2D eigenvalue weighted by molar-refractivity contribution is -0.117. The first kappa shape index (κ1) is 14.6. The minimum Gasteiger partial charge on any atom is -0.508 e. The van der Waals surface area contributed by atoms with Crippen LogP contribution in [0.1, 0.15) is 17.3 Å². The molecule has 21 heavy (non-hydrogen) atoms. The van der Waals surface area contributed by atoms with E-state index in [0.29, 0.717) is 11.3 Å². The van der Waals surface area contributed by atoms with Crippen LogP contribution in [0.5, 0.6) is 5.75 Å². The van der Waals surface area contributed by atoms with Crippen molar-refractivity contribution in [3.05, 3.63) is 60.2 Å². The lowest BCUT2D eigenvalue weighted by atomic mass is 10.0. The summed E-state index contributed by atoms with van der Waals surface area (Å²) >= 11 is 0. The van der Waals surface area contributed by atoms with E-state index >= 15 is 0 Å². The molecule has 106 valence electrons. The van der Waals surface area contributed by atoms with E-state index in [1.807, 2.05) is 0 Å². The zero-order chi connectivity index (χ0) is 15.2. The number of carbonyl (C=O) groups is 2. The Morgan fingerprint density at radius 1 is 1.00 bits per heavy atom. The Hall–Kier alpha value is -2.82. The van der Waals surface area contributed by atoms with Gasteiger partial charge in [-0.25, -0.2) is 0 Å². The smallest absolute Gasteiger partial charge is 0.196 e. The molecule has 1 unspecified atom stereocenters. The number of nitrogens with zero attached hydrogens (tertiary/aromatic N) is 2. The first-order valence-electron chi connectivity index (χ1n) is 6.37. The summed E-state index contributed by atoms with van der Waals surface area (Å²) in [5.41, 5.74) is 0.877. The van der Waals surface area contributed by atoms with Crippen LogP contribution in [0.4, 0.5) is 5.69 Å². The van der Waals surface area contributed by atoms with Gasteiger partial charge < -0.3 is 5.11 Å². The molecule has 1 atom stereocenters. The summed E-state index contributed by atoms with van der Waals surface area (Å²) in [4.78, 5) is 23.9. The Morgan fingerprint density at radius 3 is 2.19 bits per heavy atom. The largest absolute Gasteiger partial charge is 0.508 e. The van der Waals surface area contributed by atoms with E-state index in [9.17, 15) is 14.7 Å². The SMILES string of the molecule is CC(=O)C(N=Nc1ccc(O)cc1)C(=O)c1ccccc1. The van der Waals surface area contributed by atoms with Crippen LogP contribution >= 0.6 is 0 Å². The lowest BCUT2D eigenvalue weighted by Crippen LogP contribution is -2.26. The third kappa shape index (κ3) is 3.82. The molecule has 0 bridgehead atoms. The Morgan fingerprint density at radius 2 is 1.62 bits per heavy atom. The highest BCUT2D eigenvalue weighted by Crippen LogP contribution is 2.18. The highest BCUT2D eigenvalue weighted by atomic mass is 16.3. The second-order valence-corrected chi connectivity index (χ2v) is 4.48. The van der Waals surface area contributed by atoms with Crippen LogP contribution in [-0.4, -0.2) is 22.7 Å². The van der Waals surface area contributed by atoms with E-state index in [4.69, 9.17) is 0 Å². The number of benzene rings is 2. The molecule has 2 aromatic carbocycles. The normalized spacial score (nSPS) is 12.2. The molecule has 0 saturated heterocycles. The minimum atomic E-state index is -1.15. The second-order valence-electron chi connectivity index (χ2n) is 4.48. The van der Waals surface area contributed by atoms with Crippen molar-refractivity contribution in [2.75, 3.05) is 0 Å². The fourth-order valence-electron chi connectivity index (χ4n) is 1.72. The summed E-state index contributed by atoms with van der Waals surface area (Å²) in [6.45, 7) is 1.31. The van der Waals surface area contributed by atoms with Crippen LogP contribution in [0.15, 0.2) is 64.8 Å². The molecule has 0 aliphatic carbocycles. The molecule has 0 aromatic heterocycles. The van der Waals surface area contributed by atoms with Gasteiger partial charge in [-0.2, -0.15) is 10.2 Å². The minimum absolute atomic E-state index is 0.109. The third-order valence-electron chi connectivity index (χ3n) is 2.83. The van der Waals surface area contributed by atoms with Gasteiger partial charge in [-0.05, 0) is 31.2 Å². The van der Waals surface area contributed by atoms with Gasteiger partial charge in [-0.15, -0.1) is 0 Å². The predicted molar refractivity (Wildman–Crippen MR) is 77.9 cm³/mol. The maximum Gasteiger partial charge on any atom is 0.196 e. The molecule has 0 heterocycles. The topological polar surface area (TPSA) is 79.1 Å². The Labute approximate surface area is 122 Å². The Balaban J connectivity index is 2.22. The summed E-state index contributed by atoms with van der Waals surface area (Å²) in [5, 5.41) is 16.9. The molecule has 2 aromatic rings. The number of hydrogen-bond donors (Lipinski definition) is 1. The van der Waals surface area contributed by atoms with E-state index in [1.54, 1.807) is 42.5 Å². The molecule has 0 amide bonds. The van der Waals surface area contributed by atoms with Crippen molar-refractivity contribution in [2.45, 2.75) is 13.0 Å². The number of Topliss-reactive ketones (excluding diaryl/α,β-unsaturated/α-hetero) is 2. The molecular weight excluding hydrogens is 268 g/mol. The fraction of sp³-hybridized carbons (Fsp3) is 0.125. The summed E-state index contributed by atoms with van der Waals surface area (Å²) in [5.74, 6) is -0.644. The van der Waals surface area contributed by atoms with Crippen LogP contribution < -0.4 is 0 Å². The maximum absolute atomic E-state index is 12.2. The molecule has 5 heteroatoms. The van der Waals surface area contributed by atoms with Crippen LogP contribution in [0, 0.1) is 0 Å². The first-order chi connectivity index (χ1) is 10.1. The molecule has 0 aliphatic rings. The van der Waals surface area contributed by atoms with Crippen molar-refractivity contribution in [1.29, 1.82) is 0 Å². The van der Waals surface area contributed by atoms with Crippen LogP contribution in [0.3, 0.4) is 0 Å². The summed E-state index contributed by atoms with van der Waals surface area (Å²) in [6, 6.07) is 13.3. The molecule has 0 radical (unpaired) electrons. The van der Waals surface area contributed by atoms with Gasteiger partial charge in [0.05, 0.1) is 5.69 Å². The van der Waals surface area contributed by atoms with Gasteiger partial charge in [0, 0.05) is 5.56 Å². The van der Waals surface area contributed by atoms with Crippen molar-refractivity contribution < 1.29 is 14.7 Å². The van der Waals surface area contributed by atoms with E-state index in [0.717, 1.165) is 0 Å². The van der Waals surface area contributed by atoms with Gasteiger partial charge >= 0.3 is 0 Å². The summed E-state index contributed by atoms with van der Waals surface area (Å²) in [6.07, 6.45) is 0. The van der Waals surface area contributed by atoms with Crippen LogP contribution in [-0.2, 0) is 4.79 Å². The van der Waals surface area contributed by atoms with Gasteiger partial charge in [-0.3, -0.25) is 9.59 Å². The average Bonchev–Trinajstić information content (AvgIpc) is 2.49. The first-order valence-corrected chi connectivity index (χ1v) is 6.37. The standard InChI is InChI=1S/C16H14N2O3/c1-11(19)15(16(21)12-5-3-2-4-6-12)18-17-13-7-9-14(20)10-8-13/h2-10,15,20H,1H3.